The Kier molecular flexibility index (Phi) is 3.27. The first-order valence-corrected chi connectivity index (χ1v) is 9.17. The Morgan fingerprint density at radius 2 is 1.55 bits per heavy atom. The van der Waals surface area contributed by atoms with E-state index in [0.29, 0.717) is 5.92 Å². The van der Waals surface area contributed by atoms with Gasteiger partial charge in [0.05, 0.1) is 16.6 Å². The van der Waals surface area contributed by atoms with E-state index in [4.69, 9.17) is 4.74 Å². The normalized spacial score (nSPS) is 41.2. The van der Waals surface area contributed by atoms with Gasteiger partial charge in [0, 0.05) is 23.3 Å². The van der Waals surface area contributed by atoms with Gasteiger partial charge in [-0.2, -0.15) is 0 Å². The monoisotopic (exact) mass is 296 g/mol. The number of hydrogen-bond donors (Lipinski definition) is 0. The highest BCUT2D eigenvalue weighted by Gasteiger charge is 2.61. The minimum Gasteiger partial charge on any atom is -0.376 e. The van der Waals surface area contributed by atoms with Crippen LogP contribution in [-0.4, -0.2) is 27.4 Å². The molecule has 3 aliphatic rings. The predicted molar refractivity (Wildman–Crippen MR) is 84.1 cm³/mol. The molecule has 0 spiro atoms. The lowest BCUT2D eigenvalue weighted by molar-refractivity contribution is -0.0211. The molecule has 3 rings (SSSR count). The van der Waals surface area contributed by atoms with E-state index in [-0.39, 0.29) is 27.4 Å². The summed E-state index contributed by atoms with van der Waals surface area (Å²) >= 11 is 0. The van der Waals surface area contributed by atoms with Crippen LogP contribution < -0.4 is 0 Å². The first-order valence-electron chi connectivity index (χ1n) is 7.90. The van der Waals surface area contributed by atoms with E-state index in [1.54, 1.807) is 0 Å². The van der Waals surface area contributed by atoms with Crippen molar-refractivity contribution in [2.24, 2.45) is 16.7 Å². The third-order valence-corrected chi connectivity index (χ3v) is 7.17. The van der Waals surface area contributed by atoms with Gasteiger partial charge in [0.2, 0.25) is 0 Å². The molecule has 1 unspecified atom stereocenters. The third-order valence-electron chi connectivity index (χ3n) is 5.08. The molecule has 0 radical (unpaired) electrons. The molecule has 2 bridgehead atoms. The van der Waals surface area contributed by atoms with Crippen LogP contribution in [0.5, 0.6) is 0 Å². The quantitative estimate of drug-likeness (QED) is 0.637. The third kappa shape index (κ3) is 1.96. The average molecular weight is 296 g/mol. The van der Waals surface area contributed by atoms with Gasteiger partial charge in [0.15, 0.2) is 0 Å². The van der Waals surface area contributed by atoms with Crippen molar-refractivity contribution in [2.75, 3.05) is 6.61 Å². The fraction of sp³-hybridized carbons (Fsp3) is 0.882. The standard InChI is InChI=1S/C17H28O2S/c1-16(2,3)11-12(17(4,5)6)15-13-10(8-7-9-19-13)14(11)20(15)18/h10,13-15H,7-9H2,1-6H3/t10-,13+,14+,15+,20?/m1/s1. The molecule has 0 amide bonds. The molecule has 0 aromatic rings. The van der Waals surface area contributed by atoms with Crippen LogP contribution >= 0.6 is 0 Å². The van der Waals surface area contributed by atoms with Crippen molar-refractivity contribution in [3.63, 3.8) is 0 Å². The number of fused-ring (bicyclic) bond motifs is 5. The summed E-state index contributed by atoms with van der Waals surface area (Å²) < 4.78 is 19.1. The fourth-order valence-electron chi connectivity index (χ4n) is 4.50. The zero-order valence-electron chi connectivity index (χ0n) is 13.7. The van der Waals surface area contributed by atoms with Crippen molar-refractivity contribution < 1.29 is 8.95 Å². The maximum atomic E-state index is 13.0. The Morgan fingerprint density at radius 1 is 1.00 bits per heavy atom. The Balaban J connectivity index is 2.16. The van der Waals surface area contributed by atoms with Gasteiger partial charge in [-0.1, -0.05) is 41.5 Å². The van der Waals surface area contributed by atoms with E-state index in [0.717, 1.165) is 13.0 Å². The lowest BCUT2D eigenvalue weighted by Gasteiger charge is -2.42. The van der Waals surface area contributed by atoms with Gasteiger partial charge in [-0.15, -0.1) is 0 Å². The lowest BCUT2D eigenvalue weighted by atomic mass is 9.65. The average Bonchev–Trinajstić information content (AvgIpc) is 2.77. The minimum atomic E-state index is -0.773. The van der Waals surface area contributed by atoms with Crippen LogP contribution in [0.25, 0.3) is 0 Å². The summed E-state index contributed by atoms with van der Waals surface area (Å²) in [7, 11) is -0.773. The molecular formula is C17H28O2S. The second kappa shape index (κ2) is 4.42. The molecule has 0 aromatic carbocycles. The molecule has 2 nitrogen and oxygen atoms in total. The van der Waals surface area contributed by atoms with Gasteiger partial charge in [-0.25, -0.2) is 0 Å². The second-order valence-corrected chi connectivity index (χ2v) is 10.3. The molecular weight excluding hydrogens is 268 g/mol. The van der Waals surface area contributed by atoms with E-state index >= 15 is 0 Å². The van der Waals surface area contributed by atoms with Gasteiger partial charge in [-0.05, 0) is 34.8 Å². The summed E-state index contributed by atoms with van der Waals surface area (Å²) in [6.07, 6.45) is 2.54. The van der Waals surface area contributed by atoms with E-state index in [1.807, 2.05) is 0 Å². The summed E-state index contributed by atoms with van der Waals surface area (Å²) in [5.74, 6) is 0.495. The summed E-state index contributed by atoms with van der Waals surface area (Å²) in [6.45, 7) is 14.5. The summed E-state index contributed by atoms with van der Waals surface area (Å²) in [5.41, 5.74) is 3.13. The van der Waals surface area contributed by atoms with Gasteiger partial charge >= 0.3 is 0 Å². The van der Waals surface area contributed by atoms with E-state index in [1.165, 1.54) is 17.6 Å². The SMILES string of the molecule is CC(C)(C)C1=C(C(C)(C)C)[C@H]2[C@H]3OCCC[C@H]3[C@@H]1S2=O. The highest BCUT2D eigenvalue weighted by Crippen LogP contribution is 2.58. The number of rotatable bonds is 0. The smallest absolute Gasteiger partial charge is 0.0836 e. The van der Waals surface area contributed by atoms with Gasteiger partial charge in [0.25, 0.3) is 0 Å². The Labute approximate surface area is 125 Å². The first-order chi connectivity index (χ1) is 9.14. The van der Waals surface area contributed by atoms with Crippen LogP contribution in [-0.2, 0) is 15.5 Å². The molecule has 0 aromatic heterocycles. The van der Waals surface area contributed by atoms with E-state index in [9.17, 15) is 4.21 Å². The molecule has 0 saturated carbocycles. The molecule has 5 atom stereocenters. The van der Waals surface area contributed by atoms with E-state index in [2.05, 4.69) is 41.5 Å². The van der Waals surface area contributed by atoms with Crippen molar-refractivity contribution in [1.82, 2.24) is 0 Å². The predicted octanol–water partition coefficient (Wildman–Crippen LogP) is 3.68. The molecule has 114 valence electrons. The van der Waals surface area contributed by atoms with Gasteiger partial charge in [-0.3, -0.25) is 4.21 Å². The molecule has 2 saturated heterocycles. The molecule has 0 aliphatic carbocycles. The largest absolute Gasteiger partial charge is 0.376 e. The Morgan fingerprint density at radius 3 is 2.10 bits per heavy atom. The molecule has 3 aliphatic heterocycles. The Bertz CT molecular complexity index is 436. The van der Waals surface area contributed by atoms with E-state index < -0.39 is 10.8 Å². The fourth-order valence-corrected chi connectivity index (χ4v) is 7.42. The van der Waals surface area contributed by atoms with Crippen LogP contribution in [0.15, 0.2) is 11.1 Å². The van der Waals surface area contributed by atoms with Crippen molar-refractivity contribution >= 4 is 10.8 Å². The van der Waals surface area contributed by atoms with Gasteiger partial charge in [0.1, 0.15) is 0 Å². The topological polar surface area (TPSA) is 26.3 Å². The van der Waals surface area contributed by atoms with Crippen LogP contribution in [0, 0.1) is 16.7 Å². The molecule has 0 N–H and O–H groups in total. The van der Waals surface area contributed by atoms with Crippen molar-refractivity contribution in [3.05, 3.63) is 11.1 Å². The summed E-state index contributed by atoms with van der Waals surface area (Å²) in [5, 5.41) is 0.402. The van der Waals surface area contributed by atoms with Crippen LogP contribution in [0.3, 0.4) is 0 Å². The number of ether oxygens (including phenoxy) is 1. The number of hydrogen-bond acceptors (Lipinski definition) is 2. The van der Waals surface area contributed by atoms with Crippen molar-refractivity contribution in [2.45, 2.75) is 71.0 Å². The molecule has 20 heavy (non-hydrogen) atoms. The molecule has 3 heteroatoms. The van der Waals surface area contributed by atoms with Crippen LogP contribution in [0.2, 0.25) is 0 Å². The van der Waals surface area contributed by atoms with Crippen molar-refractivity contribution in [1.29, 1.82) is 0 Å². The maximum Gasteiger partial charge on any atom is 0.0836 e. The first kappa shape index (κ1) is 14.8. The summed E-state index contributed by atoms with van der Waals surface area (Å²) in [4.78, 5) is 0. The minimum absolute atomic E-state index is 0.0868. The highest BCUT2D eigenvalue weighted by molar-refractivity contribution is 7.87. The zero-order chi connectivity index (χ0) is 14.9. The van der Waals surface area contributed by atoms with Crippen LogP contribution in [0.4, 0.5) is 0 Å². The highest BCUT2D eigenvalue weighted by atomic mass is 32.2. The Hall–Kier alpha value is -0.150. The zero-order valence-corrected chi connectivity index (χ0v) is 14.5. The van der Waals surface area contributed by atoms with Crippen molar-refractivity contribution in [3.8, 4) is 0 Å². The molecule has 3 heterocycles. The summed E-state index contributed by atoms with van der Waals surface area (Å²) in [6, 6.07) is 0. The maximum absolute atomic E-state index is 13.0. The lowest BCUT2D eigenvalue weighted by Crippen LogP contribution is -2.44. The van der Waals surface area contributed by atoms with Gasteiger partial charge < -0.3 is 4.74 Å². The van der Waals surface area contributed by atoms with Crippen LogP contribution in [0.1, 0.15) is 54.4 Å². The second-order valence-electron chi connectivity index (χ2n) is 8.64. The molecule has 2 fully saturated rings.